The highest BCUT2D eigenvalue weighted by Gasteiger charge is 2.29. The third-order valence-corrected chi connectivity index (χ3v) is 6.68. The molecule has 0 N–H and O–H groups in total. The van der Waals surface area contributed by atoms with E-state index in [4.69, 9.17) is 9.47 Å². The van der Waals surface area contributed by atoms with Crippen molar-refractivity contribution in [2.75, 3.05) is 39.4 Å². The van der Waals surface area contributed by atoms with Crippen LogP contribution in [-0.4, -0.2) is 67.2 Å². The van der Waals surface area contributed by atoms with Gasteiger partial charge in [0.05, 0.1) is 17.7 Å². The fraction of sp³-hybridized carbons (Fsp3) is 0.591. The predicted molar refractivity (Wildman–Crippen MR) is 113 cm³/mol. The molecule has 0 spiro atoms. The largest absolute Gasteiger partial charge is 0.489 e. The van der Waals surface area contributed by atoms with Gasteiger partial charge in [-0.05, 0) is 65.4 Å². The molecule has 4 rings (SSSR count). The lowest BCUT2D eigenvalue weighted by Gasteiger charge is -2.41. The van der Waals surface area contributed by atoms with Crippen molar-refractivity contribution < 1.29 is 14.3 Å². The number of rotatable bonds is 5. The zero-order valence-corrected chi connectivity index (χ0v) is 17.9. The van der Waals surface area contributed by atoms with Gasteiger partial charge in [-0.1, -0.05) is 12.5 Å². The molecule has 2 aliphatic heterocycles. The van der Waals surface area contributed by atoms with Crippen molar-refractivity contribution in [2.24, 2.45) is 0 Å². The van der Waals surface area contributed by atoms with E-state index in [-0.39, 0.29) is 12.0 Å². The average molecular weight is 449 g/mol. The van der Waals surface area contributed by atoms with E-state index in [1.165, 1.54) is 19.3 Å². The summed E-state index contributed by atoms with van der Waals surface area (Å²) in [6.45, 7) is 4.88. The van der Waals surface area contributed by atoms with Crippen molar-refractivity contribution in [3.63, 3.8) is 0 Å². The first kappa shape index (κ1) is 19.9. The van der Waals surface area contributed by atoms with Crippen molar-refractivity contribution in [3.05, 3.63) is 34.3 Å². The number of amides is 1. The van der Waals surface area contributed by atoms with Crippen LogP contribution in [0.15, 0.2) is 28.7 Å². The summed E-state index contributed by atoms with van der Waals surface area (Å²) < 4.78 is 12.5. The highest BCUT2D eigenvalue weighted by Crippen LogP contribution is 2.31. The molecule has 0 bridgehead atoms. The van der Waals surface area contributed by atoms with Crippen LogP contribution in [0.1, 0.15) is 37.7 Å². The molecule has 1 amide bonds. The molecule has 2 saturated heterocycles. The summed E-state index contributed by atoms with van der Waals surface area (Å²) in [5.74, 6) is 0.928. The monoisotopic (exact) mass is 448 g/mol. The molecule has 6 heteroatoms. The Labute approximate surface area is 175 Å². The molecule has 1 aromatic carbocycles. The lowest BCUT2D eigenvalue weighted by Crippen LogP contribution is -2.46. The molecule has 1 aliphatic carbocycles. The number of hydrogen-bond acceptors (Lipinski definition) is 4. The number of ether oxygens (including phenoxy) is 2. The highest BCUT2D eigenvalue weighted by molar-refractivity contribution is 9.10. The van der Waals surface area contributed by atoms with Gasteiger partial charge < -0.3 is 19.3 Å². The van der Waals surface area contributed by atoms with Gasteiger partial charge in [-0.25, -0.2) is 0 Å². The van der Waals surface area contributed by atoms with E-state index in [0.717, 1.165) is 47.8 Å². The molecule has 1 aromatic rings. The van der Waals surface area contributed by atoms with Crippen LogP contribution >= 0.6 is 15.9 Å². The molecule has 0 unspecified atom stereocenters. The molecule has 2 heterocycles. The number of piperidine rings is 1. The number of likely N-dealkylation sites (tertiary alicyclic amines) is 1. The van der Waals surface area contributed by atoms with Crippen LogP contribution in [0, 0.1) is 0 Å². The molecule has 0 aromatic heterocycles. The van der Waals surface area contributed by atoms with E-state index >= 15 is 0 Å². The number of benzene rings is 1. The van der Waals surface area contributed by atoms with Gasteiger partial charge in [-0.3, -0.25) is 4.79 Å². The number of hydrogen-bond donors (Lipinski definition) is 0. The molecule has 1 saturated carbocycles. The summed E-state index contributed by atoms with van der Waals surface area (Å²) in [5.41, 5.74) is 0.987. The molecule has 3 fully saturated rings. The predicted octanol–water partition coefficient (Wildman–Crippen LogP) is 3.72. The van der Waals surface area contributed by atoms with Crippen LogP contribution in [0.3, 0.4) is 0 Å². The van der Waals surface area contributed by atoms with Crippen LogP contribution < -0.4 is 4.74 Å². The molecule has 0 atom stereocenters. The van der Waals surface area contributed by atoms with Crippen molar-refractivity contribution in [3.8, 4) is 5.75 Å². The summed E-state index contributed by atoms with van der Waals surface area (Å²) in [4.78, 5) is 16.7. The smallest absolute Gasteiger partial charge is 0.246 e. The van der Waals surface area contributed by atoms with Gasteiger partial charge in [0.25, 0.3) is 0 Å². The standard InChI is InChI=1S/C22H29BrN2O3/c23-20-16-17(5-7-22(26)25-12-14-27-15-13-25)4-6-21(20)28-19-8-10-24(11-9-19)18-2-1-3-18/h4-7,16,18-19H,1-3,8-15H2/b7-5+. The minimum atomic E-state index is 0.0398. The molecule has 28 heavy (non-hydrogen) atoms. The van der Waals surface area contributed by atoms with E-state index in [1.54, 1.807) is 6.08 Å². The van der Waals surface area contributed by atoms with Crippen LogP contribution in [0.5, 0.6) is 5.75 Å². The van der Waals surface area contributed by atoms with Gasteiger partial charge in [0.15, 0.2) is 0 Å². The SMILES string of the molecule is O=C(/C=C/c1ccc(OC2CCN(C3CCC3)CC2)c(Br)c1)N1CCOCC1. The maximum Gasteiger partial charge on any atom is 0.246 e. The fourth-order valence-corrected chi connectivity index (χ4v) is 4.55. The van der Waals surface area contributed by atoms with Crippen LogP contribution in [0.4, 0.5) is 0 Å². The maximum atomic E-state index is 12.2. The summed E-state index contributed by atoms with van der Waals surface area (Å²) in [6.07, 6.45) is 10.1. The van der Waals surface area contributed by atoms with Crippen molar-refractivity contribution in [1.82, 2.24) is 9.80 Å². The maximum absolute atomic E-state index is 12.2. The Kier molecular flexibility index (Phi) is 6.70. The van der Waals surface area contributed by atoms with E-state index < -0.39 is 0 Å². The van der Waals surface area contributed by atoms with E-state index in [1.807, 2.05) is 29.2 Å². The quantitative estimate of drug-likeness (QED) is 0.643. The van der Waals surface area contributed by atoms with Gasteiger partial charge in [0.2, 0.25) is 5.91 Å². The first-order chi connectivity index (χ1) is 13.7. The minimum Gasteiger partial charge on any atom is -0.489 e. The third-order valence-electron chi connectivity index (χ3n) is 6.06. The second-order valence-electron chi connectivity index (χ2n) is 7.90. The van der Waals surface area contributed by atoms with Gasteiger partial charge in [0, 0.05) is 38.3 Å². The van der Waals surface area contributed by atoms with Crippen molar-refractivity contribution in [1.29, 1.82) is 0 Å². The van der Waals surface area contributed by atoms with Gasteiger partial charge in [-0.2, -0.15) is 0 Å². The normalized spacial score (nSPS) is 22.4. The Hall–Kier alpha value is -1.37. The second-order valence-corrected chi connectivity index (χ2v) is 8.75. The zero-order chi connectivity index (χ0) is 19.3. The molecule has 152 valence electrons. The Morgan fingerprint density at radius 3 is 2.50 bits per heavy atom. The van der Waals surface area contributed by atoms with Crippen LogP contribution in [0.2, 0.25) is 0 Å². The topological polar surface area (TPSA) is 42.0 Å². The summed E-state index contributed by atoms with van der Waals surface area (Å²) >= 11 is 3.63. The summed E-state index contributed by atoms with van der Waals surface area (Å²) in [5, 5.41) is 0. The molecule has 3 aliphatic rings. The average Bonchev–Trinajstić information content (AvgIpc) is 2.69. The summed E-state index contributed by atoms with van der Waals surface area (Å²) in [6, 6.07) is 6.86. The first-order valence-corrected chi connectivity index (χ1v) is 11.2. The Bertz CT molecular complexity index is 706. The van der Waals surface area contributed by atoms with Crippen molar-refractivity contribution >= 4 is 27.9 Å². The Morgan fingerprint density at radius 2 is 1.86 bits per heavy atom. The van der Waals surface area contributed by atoms with Crippen LogP contribution in [0.25, 0.3) is 6.08 Å². The van der Waals surface area contributed by atoms with Crippen molar-refractivity contribution in [2.45, 2.75) is 44.2 Å². The zero-order valence-electron chi connectivity index (χ0n) is 16.3. The molecular formula is C22H29BrN2O3. The highest BCUT2D eigenvalue weighted by atomic mass is 79.9. The number of halogens is 1. The molecular weight excluding hydrogens is 420 g/mol. The Balaban J connectivity index is 1.29. The third kappa shape index (κ3) is 4.97. The number of carbonyl (C=O) groups is 1. The first-order valence-electron chi connectivity index (χ1n) is 10.4. The number of morpholine rings is 1. The van der Waals surface area contributed by atoms with E-state index in [2.05, 4.69) is 20.8 Å². The second kappa shape index (κ2) is 9.42. The fourth-order valence-electron chi connectivity index (χ4n) is 4.06. The number of nitrogens with zero attached hydrogens (tertiary/aromatic N) is 2. The van der Waals surface area contributed by atoms with Gasteiger partial charge in [-0.15, -0.1) is 0 Å². The Morgan fingerprint density at radius 1 is 1.11 bits per heavy atom. The molecule has 5 nitrogen and oxygen atoms in total. The lowest BCUT2D eigenvalue weighted by atomic mass is 9.90. The van der Waals surface area contributed by atoms with E-state index in [9.17, 15) is 4.79 Å². The lowest BCUT2D eigenvalue weighted by molar-refractivity contribution is -0.129. The van der Waals surface area contributed by atoms with Crippen LogP contribution in [-0.2, 0) is 9.53 Å². The van der Waals surface area contributed by atoms with Gasteiger partial charge >= 0.3 is 0 Å². The minimum absolute atomic E-state index is 0.0398. The molecule has 0 radical (unpaired) electrons. The summed E-state index contributed by atoms with van der Waals surface area (Å²) in [7, 11) is 0. The number of carbonyl (C=O) groups excluding carboxylic acids is 1. The van der Waals surface area contributed by atoms with E-state index in [0.29, 0.717) is 26.3 Å². The van der Waals surface area contributed by atoms with Gasteiger partial charge in [0.1, 0.15) is 11.9 Å².